The SMILES string of the molecule is CCn1nc(C)c(S(=O)(=O)N2CCN(c3ncccn3)CC2)c1C. The van der Waals surface area contributed by atoms with Crippen LogP contribution in [0.5, 0.6) is 0 Å². The maximum Gasteiger partial charge on any atom is 0.246 e. The van der Waals surface area contributed by atoms with Gasteiger partial charge in [0.2, 0.25) is 16.0 Å². The van der Waals surface area contributed by atoms with E-state index in [1.54, 1.807) is 30.1 Å². The Morgan fingerprint density at radius 1 is 1.08 bits per heavy atom. The van der Waals surface area contributed by atoms with Crippen LogP contribution in [0.1, 0.15) is 18.3 Å². The molecule has 3 rings (SSSR count). The van der Waals surface area contributed by atoms with Gasteiger partial charge in [0.1, 0.15) is 4.90 Å². The van der Waals surface area contributed by atoms with Gasteiger partial charge in [-0.1, -0.05) is 0 Å². The Bertz CT molecular complexity index is 810. The van der Waals surface area contributed by atoms with Gasteiger partial charge in [0.15, 0.2) is 0 Å². The quantitative estimate of drug-likeness (QED) is 0.812. The number of hydrogen-bond acceptors (Lipinski definition) is 6. The molecule has 0 saturated carbocycles. The number of aromatic nitrogens is 4. The number of rotatable bonds is 4. The predicted molar refractivity (Wildman–Crippen MR) is 90.4 cm³/mol. The Labute approximate surface area is 142 Å². The van der Waals surface area contributed by atoms with Crippen molar-refractivity contribution in [1.29, 1.82) is 0 Å². The van der Waals surface area contributed by atoms with E-state index >= 15 is 0 Å². The highest BCUT2D eigenvalue weighted by atomic mass is 32.2. The van der Waals surface area contributed by atoms with E-state index < -0.39 is 10.0 Å². The molecule has 8 nitrogen and oxygen atoms in total. The standard InChI is InChI=1S/C15H22N6O2S/c1-4-21-13(3)14(12(2)18-21)24(22,23)20-10-8-19(9-11-20)15-16-6-5-7-17-15/h5-7H,4,8-11H2,1-3H3. The van der Waals surface area contributed by atoms with E-state index in [4.69, 9.17) is 0 Å². The third-order valence-corrected chi connectivity index (χ3v) is 6.44. The molecule has 130 valence electrons. The molecule has 1 fully saturated rings. The normalized spacial score (nSPS) is 16.5. The molecule has 0 amide bonds. The highest BCUT2D eigenvalue weighted by molar-refractivity contribution is 7.89. The Balaban J connectivity index is 1.80. The zero-order valence-corrected chi connectivity index (χ0v) is 15.0. The van der Waals surface area contributed by atoms with Gasteiger partial charge in [-0.05, 0) is 26.8 Å². The minimum Gasteiger partial charge on any atom is -0.338 e. The summed E-state index contributed by atoms with van der Waals surface area (Å²) in [6, 6.07) is 1.77. The van der Waals surface area contributed by atoms with Gasteiger partial charge in [-0.2, -0.15) is 9.40 Å². The average molecular weight is 350 g/mol. The van der Waals surface area contributed by atoms with Gasteiger partial charge >= 0.3 is 0 Å². The summed E-state index contributed by atoms with van der Waals surface area (Å²) in [5.41, 5.74) is 1.26. The van der Waals surface area contributed by atoms with E-state index in [2.05, 4.69) is 15.1 Å². The van der Waals surface area contributed by atoms with Crippen molar-refractivity contribution in [2.75, 3.05) is 31.1 Å². The zero-order chi connectivity index (χ0) is 17.3. The van der Waals surface area contributed by atoms with Crippen LogP contribution >= 0.6 is 0 Å². The Morgan fingerprint density at radius 3 is 2.25 bits per heavy atom. The smallest absolute Gasteiger partial charge is 0.246 e. The maximum absolute atomic E-state index is 13.0. The first-order chi connectivity index (χ1) is 11.4. The highest BCUT2D eigenvalue weighted by Crippen LogP contribution is 2.25. The molecule has 0 bridgehead atoms. The van der Waals surface area contributed by atoms with Crippen molar-refractivity contribution >= 4 is 16.0 Å². The molecule has 2 aromatic rings. The molecule has 0 aliphatic carbocycles. The summed E-state index contributed by atoms with van der Waals surface area (Å²) in [5, 5.41) is 4.33. The number of nitrogens with zero attached hydrogens (tertiary/aromatic N) is 6. The number of hydrogen-bond donors (Lipinski definition) is 0. The maximum atomic E-state index is 13.0. The largest absolute Gasteiger partial charge is 0.338 e. The highest BCUT2D eigenvalue weighted by Gasteiger charge is 2.33. The summed E-state index contributed by atoms with van der Waals surface area (Å²) in [7, 11) is -3.54. The lowest BCUT2D eigenvalue weighted by molar-refractivity contribution is 0.382. The van der Waals surface area contributed by atoms with E-state index in [9.17, 15) is 8.42 Å². The zero-order valence-electron chi connectivity index (χ0n) is 14.2. The van der Waals surface area contributed by atoms with Crippen molar-refractivity contribution in [2.45, 2.75) is 32.2 Å². The molecule has 3 heterocycles. The van der Waals surface area contributed by atoms with Crippen molar-refractivity contribution in [3.63, 3.8) is 0 Å². The third-order valence-electron chi connectivity index (χ3n) is 4.29. The first kappa shape index (κ1) is 16.8. The fourth-order valence-corrected chi connectivity index (χ4v) is 4.87. The molecular formula is C15H22N6O2S. The van der Waals surface area contributed by atoms with Crippen LogP contribution in [0.25, 0.3) is 0 Å². The number of piperazine rings is 1. The van der Waals surface area contributed by atoms with Gasteiger partial charge in [0.05, 0.1) is 11.4 Å². The predicted octanol–water partition coefficient (Wildman–Crippen LogP) is 0.821. The number of sulfonamides is 1. The van der Waals surface area contributed by atoms with Crippen LogP contribution in [0.15, 0.2) is 23.4 Å². The van der Waals surface area contributed by atoms with Gasteiger partial charge in [-0.25, -0.2) is 18.4 Å². The molecule has 2 aromatic heterocycles. The van der Waals surface area contributed by atoms with Gasteiger partial charge in [0.25, 0.3) is 0 Å². The lowest BCUT2D eigenvalue weighted by Gasteiger charge is -2.33. The van der Waals surface area contributed by atoms with Gasteiger partial charge in [0, 0.05) is 45.1 Å². The number of anilines is 1. The van der Waals surface area contributed by atoms with Crippen LogP contribution in [-0.2, 0) is 16.6 Å². The van der Waals surface area contributed by atoms with Crippen molar-refractivity contribution in [3.8, 4) is 0 Å². The topological polar surface area (TPSA) is 84.2 Å². The van der Waals surface area contributed by atoms with E-state index in [-0.39, 0.29) is 0 Å². The second-order valence-electron chi connectivity index (χ2n) is 5.76. The summed E-state index contributed by atoms with van der Waals surface area (Å²) in [5.74, 6) is 0.640. The first-order valence-electron chi connectivity index (χ1n) is 8.01. The van der Waals surface area contributed by atoms with Crippen LogP contribution in [0.4, 0.5) is 5.95 Å². The van der Waals surface area contributed by atoms with E-state index in [1.165, 1.54) is 4.31 Å². The molecular weight excluding hydrogens is 328 g/mol. The molecule has 9 heteroatoms. The molecule has 0 N–H and O–H groups in total. The van der Waals surface area contributed by atoms with Gasteiger partial charge in [-0.3, -0.25) is 4.68 Å². The lowest BCUT2D eigenvalue weighted by Crippen LogP contribution is -2.49. The Hall–Kier alpha value is -2.00. The number of aryl methyl sites for hydroxylation is 2. The second kappa shape index (κ2) is 6.48. The molecule has 24 heavy (non-hydrogen) atoms. The first-order valence-corrected chi connectivity index (χ1v) is 9.45. The summed E-state index contributed by atoms with van der Waals surface area (Å²) >= 11 is 0. The summed E-state index contributed by atoms with van der Waals surface area (Å²) in [6.07, 6.45) is 3.38. The molecule has 0 unspecified atom stereocenters. The van der Waals surface area contributed by atoms with E-state index in [0.29, 0.717) is 55.0 Å². The van der Waals surface area contributed by atoms with Crippen LogP contribution in [0.3, 0.4) is 0 Å². The van der Waals surface area contributed by atoms with E-state index in [0.717, 1.165) is 0 Å². The second-order valence-corrected chi connectivity index (χ2v) is 7.63. The summed E-state index contributed by atoms with van der Waals surface area (Å²) < 4.78 is 29.3. The Kier molecular flexibility index (Phi) is 4.55. The van der Waals surface area contributed by atoms with Gasteiger partial charge in [-0.15, -0.1) is 0 Å². The Morgan fingerprint density at radius 2 is 1.71 bits per heavy atom. The van der Waals surface area contributed by atoms with Crippen molar-refractivity contribution in [3.05, 3.63) is 29.8 Å². The summed E-state index contributed by atoms with van der Waals surface area (Å²) in [6.45, 7) is 8.14. The minimum atomic E-state index is -3.54. The molecule has 1 saturated heterocycles. The molecule has 0 spiro atoms. The van der Waals surface area contributed by atoms with Crippen molar-refractivity contribution < 1.29 is 8.42 Å². The van der Waals surface area contributed by atoms with E-state index in [1.807, 2.05) is 18.7 Å². The van der Waals surface area contributed by atoms with Crippen LogP contribution in [-0.4, -0.2) is 58.7 Å². The van der Waals surface area contributed by atoms with Crippen LogP contribution < -0.4 is 4.90 Å². The monoisotopic (exact) mass is 350 g/mol. The van der Waals surface area contributed by atoms with Crippen LogP contribution in [0, 0.1) is 13.8 Å². The van der Waals surface area contributed by atoms with Crippen molar-refractivity contribution in [1.82, 2.24) is 24.1 Å². The fourth-order valence-electron chi connectivity index (χ4n) is 3.07. The van der Waals surface area contributed by atoms with Gasteiger partial charge < -0.3 is 4.90 Å². The summed E-state index contributed by atoms with van der Waals surface area (Å²) in [4.78, 5) is 10.8. The molecule has 0 atom stereocenters. The average Bonchev–Trinajstić information content (AvgIpc) is 2.90. The fraction of sp³-hybridized carbons (Fsp3) is 0.533. The molecule has 1 aliphatic rings. The molecule has 1 aliphatic heterocycles. The van der Waals surface area contributed by atoms with Crippen molar-refractivity contribution in [2.24, 2.45) is 0 Å². The molecule has 0 radical (unpaired) electrons. The van der Waals surface area contributed by atoms with Crippen LogP contribution in [0.2, 0.25) is 0 Å². The molecule has 0 aromatic carbocycles. The third kappa shape index (κ3) is 2.89. The lowest BCUT2D eigenvalue weighted by atomic mass is 10.4. The minimum absolute atomic E-state index is 0.341.